The Labute approximate surface area is 152 Å². The first-order chi connectivity index (χ1) is 10.5. The van der Waals surface area contributed by atoms with Gasteiger partial charge in [-0.3, -0.25) is 0 Å². The highest BCUT2D eigenvalue weighted by atomic mass is 127. The van der Waals surface area contributed by atoms with Gasteiger partial charge in [-0.1, -0.05) is 0 Å². The number of hydrogen-bond acceptors (Lipinski definition) is 5. The molecular formula is C15H21IN4O3. The number of methoxy groups -OCH3 is 2. The lowest BCUT2D eigenvalue weighted by Crippen LogP contribution is -2.22. The number of rotatable bonds is 5. The maximum absolute atomic E-state index is 5.86. The summed E-state index contributed by atoms with van der Waals surface area (Å²) in [5.41, 5.74) is 7.46. The number of nitrogens with two attached hydrogens (primary N) is 1. The highest BCUT2D eigenvalue weighted by Gasteiger charge is 2.06. The second kappa shape index (κ2) is 8.61. The Kier molecular flexibility index (Phi) is 7.14. The molecule has 0 atom stereocenters. The Hall–Kier alpha value is -1.97. The van der Waals surface area contributed by atoms with Crippen LogP contribution in [-0.4, -0.2) is 25.2 Å². The molecule has 1 heterocycles. The molecule has 0 bridgehead atoms. The van der Waals surface area contributed by atoms with E-state index in [-0.39, 0.29) is 36.5 Å². The second-order valence-corrected chi connectivity index (χ2v) is 4.65. The minimum atomic E-state index is 0. The van der Waals surface area contributed by atoms with E-state index in [2.05, 4.69) is 15.3 Å². The molecule has 0 amide bonds. The topological polar surface area (TPSA) is 94.9 Å². The molecule has 0 unspecified atom stereocenters. The Morgan fingerprint density at radius 1 is 1.26 bits per heavy atom. The minimum Gasteiger partial charge on any atom is -0.493 e. The average Bonchev–Trinajstić information content (AvgIpc) is 2.83. The van der Waals surface area contributed by atoms with E-state index in [1.54, 1.807) is 26.4 Å². The van der Waals surface area contributed by atoms with Gasteiger partial charge < -0.3 is 24.9 Å². The number of aromatic nitrogens is 1. The summed E-state index contributed by atoms with van der Waals surface area (Å²) in [6, 6.07) is 5.39. The monoisotopic (exact) mass is 432 g/mol. The number of guanidine groups is 1. The van der Waals surface area contributed by atoms with Crippen molar-refractivity contribution in [1.29, 1.82) is 0 Å². The van der Waals surface area contributed by atoms with Gasteiger partial charge >= 0.3 is 0 Å². The van der Waals surface area contributed by atoms with Gasteiger partial charge in [-0.2, -0.15) is 0 Å². The lowest BCUT2D eigenvalue weighted by atomic mass is 10.3. The summed E-state index contributed by atoms with van der Waals surface area (Å²) in [4.78, 5) is 8.44. The van der Waals surface area contributed by atoms with Gasteiger partial charge in [0.25, 0.3) is 0 Å². The summed E-state index contributed by atoms with van der Waals surface area (Å²) in [5.74, 6) is 2.85. The van der Waals surface area contributed by atoms with E-state index in [0.29, 0.717) is 17.4 Å². The van der Waals surface area contributed by atoms with Gasteiger partial charge in [-0.25, -0.2) is 9.98 Å². The quantitative estimate of drug-likeness (QED) is 0.429. The Morgan fingerprint density at radius 2 is 1.96 bits per heavy atom. The number of ether oxygens (including phenoxy) is 2. The normalized spacial score (nSPS) is 10.9. The van der Waals surface area contributed by atoms with Crippen LogP contribution >= 0.6 is 24.0 Å². The maximum atomic E-state index is 5.86. The van der Waals surface area contributed by atoms with Crippen molar-refractivity contribution < 1.29 is 13.9 Å². The number of hydrogen-bond donors (Lipinski definition) is 2. The van der Waals surface area contributed by atoms with Gasteiger partial charge in [-0.05, 0) is 26.0 Å². The van der Waals surface area contributed by atoms with Crippen LogP contribution < -0.4 is 20.5 Å². The molecule has 23 heavy (non-hydrogen) atoms. The van der Waals surface area contributed by atoms with E-state index >= 15 is 0 Å². The van der Waals surface area contributed by atoms with Gasteiger partial charge in [0.15, 0.2) is 17.5 Å². The van der Waals surface area contributed by atoms with Gasteiger partial charge in [-0.15, -0.1) is 24.0 Å². The number of aryl methyl sites for hydroxylation is 2. The third-order valence-corrected chi connectivity index (χ3v) is 3.11. The smallest absolute Gasteiger partial charge is 0.216 e. The zero-order valence-corrected chi connectivity index (χ0v) is 15.9. The van der Waals surface area contributed by atoms with E-state index in [0.717, 1.165) is 17.1 Å². The van der Waals surface area contributed by atoms with Crippen molar-refractivity contribution in [2.75, 3.05) is 19.5 Å². The number of nitrogens with zero attached hydrogens (tertiary/aromatic N) is 2. The summed E-state index contributed by atoms with van der Waals surface area (Å²) in [5, 5.41) is 2.98. The molecule has 0 spiro atoms. The molecule has 0 fully saturated rings. The Morgan fingerprint density at radius 3 is 2.52 bits per heavy atom. The maximum Gasteiger partial charge on any atom is 0.216 e. The number of halogens is 1. The predicted octanol–water partition coefficient (Wildman–Crippen LogP) is 2.85. The van der Waals surface area contributed by atoms with Crippen LogP contribution in [0, 0.1) is 13.8 Å². The van der Waals surface area contributed by atoms with Crippen molar-refractivity contribution in [3.63, 3.8) is 0 Å². The highest BCUT2D eigenvalue weighted by molar-refractivity contribution is 14.0. The molecule has 8 heteroatoms. The van der Waals surface area contributed by atoms with Crippen LogP contribution in [0.2, 0.25) is 0 Å². The van der Waals surface area contributed by atoms with Gasteiger partial charge in [0, 0.05) is 11.8 Å². The molecule has 3 N–H and O–H groups in total. The number of benzene rings is 1. The molecule has 0 aliphatic rings. The lowest BCUT2D eigenvalue weighted by molar-refractivity contribution is 0.355. The molecule has 2 aromatic rings. The third kappa shape index (κ3) is 5.02. The van der Waals surface area contributed by atoms with Gasteiger partial charge in [0.1, 0.15) is 12.3 Å². The fourth-order valence-electron chi connectivity index (χ4n) is 1.86. The molecule has 1 aromatic heterocycles. The van der Waals surface area contributed by atoms with Crippen LogP contribution in [0.15, 0.2) is 27.6 Å². The molecule has 0 aliphatic carbocycles. The van der Waals surface area contributed by atoms with Crippen molar-refractivity contribution in [2.45, 2.75) is 20.4 Å². The van der Waals surface area contributed by atoms with Crippen LogP contribution in [0.1, 0.15) is 17.3 Å². The van der Waals surface area contributed by atoms with Crippen molar-refractivity contribution >= 4 is 35.6 Å². The minimum absolute atomic E-state index is 0. The molecule has 2 rings (SSSR count). The van der Waals surface area contributed by atoms with Gasteiger partial charge in [0.2, 0.25) is 5.89 Å². The Balaban J connectivity index is 0.00000264. The zero-order chi connectivity index (χ0) is 16.1. The number of aliphatic imine (C=N–C) groups is 1. The van der Waals surface area contributed by atoms with Crippen LogP contribution in [0.4, 0.5) is 5.69 Å². The average molecular weight is 432 g/mol. The van der Waals surface area contributed by atoms with Crippen molar-refractivity contribution in [3.8, 4) is 11.5 Å². The molecule has 0 saturated carbocycles. The third-order valence-electron chi connectivity index (χ3n) is 3.11. The van der Waals surface area contributed by atoms with E-state index in [1.165, 1.54) is 0 Å². The fraction of sp³-hybridized carbons (Fsp3) is 0.333. The molecule has 0 aliphatic heterocycles. The van der Waals surface area contributed by atoms with Crippen LogP contribution in [0.3, 0.4) is 0 Å². The molecule has 7 nitrogen and oxygen atoms in total. The SMILES string of the molecule is COc1ccc(NC(N)=NCc2nc(C)c(C)o2)cc1OC.I. The van der Waals surface area contributed by atoms with E-state index in [1.807, 2.05) is 19.9 Å². The molecular weight excluding hydrogens is 411 g/mol. The predicted molar refractivity (Wildman–Crippen MR) is 99.9 cm³/mol. The van der Waals surface area contributed by atoms with E-state index < -0.39 is 0 Å². The van der Waals surface area contributed by atoms with Crippen molar-refractivity contribution in [2.24, 2.45) is 10.7 Å². The Bertz CT molecular complexity index is 666. The summed E-state index contributed by atoms with van der Waals surface area (Å²) >= 11 is 0. The molecule has 126 valence electrons. The number of oxazole rings is 1. The van der Waals surface area contributed by atoms with Crippen LogP contribution in [-0.2, 0) is 6.54 Å². The first-order valence-electron chi connectivity index (χ1n) is 6.75. The first-order valence-corrected chi connectivity index (χ1v) is 6.75. The first kappa shape index (κ1) is 19.1. The summed E-state index contributed by atoms with van der Waals surface area (Å²) in [6.45, 7) is 4.03. The molecule has 0 saturated heterocycles. The largest absolute Gasteiger partial charge is 0.493 e. The number of nitrogens with one attached hydrogen (secondary N) is 1. The molecule has 0 radical (unpaired) electrons. The fourth-order valence-corrected chi connectivity index (χ4v) is 1.86. The summed E-state index contributed by atoms with van der Waals surface area (Å²) in [7, 11) is 3.16. The zero-order valence-electron chi connectivity index (χ0n) is 13.5. The van der Waals surface area contributed by atoms with E-state index in [4.69, 9.17) is 19.6 Å². The number of anilines is 1. The highest BCUT2D eigenvalue weighted by Crippen LogP contribution is 2.29. The lowest BCUT2D eigenvalue weighted by Gasteiger charge is -2.10. The molecule has 1 aromatic carbocycles. The summed E-state index contributed by atoms with van der Waals surface area (Å²) in [6.07, 6.45) is 0. The van der Waals surface area contributed by atoms with Crippen molar-refractivity contribution in [1.82, 2.24) is 4.98 Å². The second-order valence-electron chi connectivity index (χ2n) is 4.65. The van der Waals surface area contributed by atoms with E-state index in [9.17, 15) is 0 Å². The van der Waals surface area contributed by atoms with Crippen LogP contribution in [0.5, 0.6) is 11.5 Å². The summed E-state index contributed by atoms with van der Waals surface area (Å²) < 4.78 is 15.9. The van der Waals surface area contributed by atoms with Crippen molar-refractivity contribution in [3.05, 3.63) is 35.5 Å². The van der Waals surface area contributed by atoms with Crippen LogP contribution in [0.25, 0.3) is 0 Å². The standard InChI is InChI=1S/C15H20N4O3.HI/c1-9-10(2)22-14(18-9)8-17-15(16)19-11-5-6-12(20-3)13(7-11)21-4;/h5-7H,8H2,1-4H3,(H3,16,17,19);1H. The van der Waals surface area contributed by atoms with Gasteiger partial charge in [0.05, 0.1) is 19.9 Å².